The second-order valence-electron chi connectivity index (χ2n) is 7.45. The highest BCUT2D eigenvalue weighted by Crippen LogP contribution is 2.36. The summed E-state index contributed by atoms with van der Waals surface area (Å²) in [6.45, 7) is 2.26. The van der Waals surface area contributed by atoms with Crippen LogP contribution in [0.2, 0.25) is 0 Å². The van der Waals surface area contributed by atoms with Gasteiger partial charge in [0, 0.05) is 12.0 Å². The zero-order valence-corrected chi connectivity index (χ0v) is 19.1. The van der Waals surface area contributed by atoms with E-state index in [1.165, 1.54) is 17.7 Å². The molecule has 0 fully saturated rings. The first-order chi connectivity index (χ1) is 14.9. The SMILES string of the molecule is C[N+](C)(CCc1ccccc1)Cc1ccccc1.O=S(=O)([N-]S(=O)(=O)C(F)(F)F)C(F)(F)F. The van der Waals surface area contributed by atoms with Crippen LogP contribution in [0.25, 0.3) is 4.13 Å². The molecule has 0 amide bonds. The summed E-state index contributed by atoms with van der Waals surface area (Å²) in [5.74, 6) is 0. The standard InChI is InChI=1S/C17H22N.C2F6NO4S2/c1-18(2,15-17-11-7-4-8-12-17)14-13-16-9-5-3-6-10-16;3-1(4,5)14(10,11)9-15(12,13)2(6,7)8/h3-12H,13-15H2,1-2H3;/q+1;-1. The van der Waals surface area contributed by atoms with Gasteiger partial charge in [0.25, 0.3) is 0 Å². The van der Waals surface area contributed by atoms with Gasteiger partial charge >= 0.3 is 11.0 Å². The van der Waals surface area contributed by atoms with Crippen LogP contribution in [0.15, 0.2) is 60.7 Å². The number of sulfonamides is 2. The minimum atomic E-state index is -6.72. The van der Waals surface area contributed by atoms with Crippen molar-refractivity contribution in [2.24, 2.45) is 0 Å². The summed E-state index contributed by atoms with van der Waals surface area (Å²) in [5.41, 5.74) is -9.57. The topological polar surface area (TPSA) is 82.4 Å². The highest BCUT2D eigenvalue weighted by Gasteiger charge is 2.46. The number of hydrogen-bond donors (Lipinski definition) is 0. The van der Waals surface area contributed by atoms with Gasteiger partial charge in [0.15, 0.2) is 20.0 Å². The van der Waals surface area contributed by atoms with Crippen LogP contribution in [-0.2, 0) is 33.0 Å². The van der Waals surface area contributed by atoms with E-state index in [1.54, 1.807) is 0 Å². The van der Waals surface area contributed by atoms with Crippen LogP contribution in [0.4, 0.5) is 26.3 Å². The van der Waals surface area contributed by atoms with Gasteiger partial charge in [-0.05, 0) is 5.56 Å². The monoisotopic (exact) mass is 520 g/mol. The van der Waals surface area contributed by atoms with Crippen LogP contribution >= 0.6 is 0 Å². The third-order valence-corrected chi connectivity index (χ3v) is 6.82. The number of likely N-dealkylation sites (N-methyl/N-ethyl adjacent to an activating group) is 1. The van der Waals surface area contributed by atoms with Crippen molar-refractivity contribution in [1.82, 2.24) is 0 Å². The summed E-state index contributed by atoms with van der Waals surface area (Å²) in [5, 5.41) is 0. The molecule has 0 heterocycles. The fourth-order valence-corrected chi connectivity index (χ4v) is 4.16. The molecule has 0 spiro atoms. The Morgan fingerprint density at radius 3 is 1.42 bits per heavy atom. The summed E-state index contributed by atoms with van der Waals surface area (Å²) in [6, 6.07) is 21.5. The number of nitrogens with zero attached hydrogens (tertiary/aromatic N) is 2. The molecular weight excluding hydrogens is 498 g/mol. The van der Waals surface area contributed by atoms with Crippen LogP contribution in [-0.4, -0.2) is 53.0 Å². The molecule has 0 saturated heterocycles. The molecule has 0 aliphatic carbocycles. The Morgan fingerprint density at radius 2 is 1.06 bits per heavy atom. The number of quaternary nitrogens is 1. The van der Waals surface area contributed by atoms with Gasteiger partial charge in [0.2, 0.25) is 0 Å². The third-order valence-electron chi connectivity index (χ3n) is 4.08. The number of rotatable bonds is 7. The summed E-state index contributed by atoms with van der Waals surface area (Å²) >= 11 is 0. The van der Waals surface area contributed by atoms with Gasteiger partial charge in [-0.25, -0.2) is 16.8 Å². The van der Waals surface area contributed by atoms with E-state index < -0.39 is 31.1 Å². The van der Waals surface area contributed by atoms with E-state index in [1.807, 2.05) is 0 Å². The third kappa shape index (κ3) is 9.70. The van der Waals surface area contributed by atoms with Crippen LogP contribution in [0.1, 0.15) is 11.1 Å². The Hall–Kier alpha value is -2.16. The fourth-order valence-electron chi connectivity index (χ4n) is 2.45. The normalized spacial score (nSPS) is 13.2. The molecule has 0 N–H and O–H groups in total. The molecule has 14 heteroatoms. The average Bonchev–Trinajstić information content (AvgIpc) is 2.66. The first-order valence-corrected chi connectivity index (χ1v) is 12.0. The lowest BCUT2D eigenvalue weighted by Crippen LogP contribution is -2.40. The van der Waals surface area contributed by atoms with Crippen LogP contribution in [0.5, 0.6) is 0 Å². The zero-order valence-electron chi connectivity index (χ0n) is 17.5. The van der Waals surface area contributed by atoms with Crippen LogP contribution in [0, 0.1) is 0 Å². The zero-order chi connectivity index (χ0) is 25.6. The summed E-state index contributed by atoms with van der Waals surface area (Å²) in [6.07, 6.45) is 1.14. The average molecular weight is 521 g/mol. The molecule has 2 aromatic carbocycles. The maximum atomic E-state index is 11.4. The second-order valence-corrected chi connectivity index (χ2v) is 10.9. The van der Waals surface area contributed by atoms with E-state index in [0.29, 0.717) is 0 Å². The van der Waals surface area contributed by atoms with Gasteiger partial charge in [0.05, 0.1) is 20.6 Å². The van der Waals surface area contributed by atoms with Crippen molar-refractivity contribution in [3.05, 3.63) is 75.9 Å². The fraction of sp³-hybridized carbons (Fsp3) is 0.368. The van der Waals surface area contributed by atoms with E-state index in [-0.39, 0.29) is 0 Å². The number of alkyl halides is 6. The van der Waals surface area contributed by atoms with E-state index in [4.69, 9.17) is 0 Å². The summed E-state index contributed by atoms with van der Waals surface area (Å²) < 4.78 is 110. The summed E-state index contributed by atoms with van der Waals surface area (Å²) in [7, 11) is -8.84. The molecule has 0 aromatic heterocycles. The molecule has 0 unspecified atom stereocenters. The molecule has 0 aliphatic heterocycles. The van der Waals surface area contributed by atoms with Gasteiger partial charge in [-0.15, -0.1) is 0 Å². The Balaban J connectivity index is 0.000000337. The molecular formula is C19H22F6N2O4S2. The van der Waals surface area contributed by atoms with Crippen molar-refractivity contribution in [2.45, 2.75) is 24.0 Å². The van der Waals surface area contributed by atoms with E-state index >= 15 is 0 Å². The lowest BCUT2D eigenvalue weighted by atomic mass is 10.1. The minimum Gasteiger partial charge on any atom is -0.421 e. The Kier molecular flexibility index (Phi) is 9.49. The molecule has 0 aliphatic rings. The Morgan fingerprint density at radius 1 is 0.697 bits per heavy atom. The van der Waals surface area contributed by atoms with Crippen molar-refractivity contribution in [2.75, 3.05) is 20.6 Å². The van der Waals surface area contributed by atoms with Crippen molar-refractivity contribution < 1.29 is 47.7 Å². The largest absolute Gasteiger partial charge is 0.480 e. The lowest BCUT2D eigenvalue weighted by Gasteiger charge is -2.30. The smallest absolute Gasteiger partial charge is 0.421 e. The Bertz CT molecular complexity index is 1040. The number of hydrogen-bond acceptors (Lipinski definition) is 4. The molecule has 0 bridgehead atoms. The highest BCUT2D eigenvalue weighted by atomic mass is 32.3. The molecule has 2 aromatic rings. The molecule has 2 rings (SSSR count). The van der Waals surface area contributed by atoms with Gasteiger partial charge in [-0.1, -0.05) is 60.7 Å². The number of halogens is 6. The first kappa shape index (κ1) is 28.9. The molecule has 0 saturated carbocycles. The highest BCUT2D eigenvalue weighted by molar-refractivity contribution is 8.13. The molecule has 0 atom stereocenters. The van der Waals surface area contributed by atoms with Gasteiger partial charge in [-0.3, -0.25) is 0 Å². The number of benzene rings is 2. The maximum Gasteiger partial charge on any atom is 0.480 e. The van der Waals surface area contributed by atoms with Crippen LogP contribution < -0.4 is 0 Å². The predicted molar refractivity (Wildman–Crippen MR) is 111 cm³/mol. The van der Waals surface area contributed by atoms with Crippen LogP contribution in [0.3, 0.4) is 0 Å². The van der Waals surface area contributed by atoms with Crippen molar-refractivity contribution in [3.8, 4) is 0 Å². The van der Waals surface area contributed by atoms with E-state index in [9.17, 15) is 43.2 Å². The first-order valence-electron chi connectivity index (χ1n) is 9.13. The quantitative estimate of drug-likeness (QED) is 0.396. The molecule has 6 nitrogen and oxygen atoms in total. The lowest BCUT2D eigenvalue weighted by molar-refractivity contribution is -0.903. The minimum absolute atomic E-state index is 0.778. The molecule has 0 radical (unpaired) electrons. The maximum absolute atomic E-state index is 11.4. The predicted octanol–water partition coefficient (Wildman–Crippen LogP) is 4.57. The Labute approximate surface area is 188 Å². The van der Waals surface area contributed by atoms with Crippen molar-refractivity contribution in [3.63, 3.8) is 0 Å². The van der Waals surface area contributed by atoms with Gasteiger partial charge in [0.1, 0.15) is 6.54 Å². The molecule has 33 heavy (non-hydrogen) atoms. The second kappa shape index (κ2) is 10.8. The van der Waals surface area contributed by atoms with Gasteiger partial charge in [-0.2, -0.15) is 26.3 Å². The van der Waals surface area contributed by atoms with Gasteiger partial charge < -0.3 is 8.61 Å². The van der Waals surface area contributed by atoms with E-state index in [0.717, 1.165) is 21.6 Å². The van der Waals surface area contributed by atoms with Crippen molar-refractivity contribution >= 4 is 20.0 Å². The van der Waals surface area contributed by atoms with Crippen molar-refractivity contribution in [1.29, 1.82) is 0 Å². The van der Waals surface area contributed by atoms with E-state index in [2.05, 4.69) is 74.8 Å². The summed E-state index contributed by atoms with van der Waals surface area (Å²) in [4.78, 5) is 0. The molecule has 186 valence electrons.